The fourth-order valence-corrected chi connectivity index (χ4v) is 3.41. The molecule has 0 saturated carbocycles. The number of piperidine rings is 1. The van der Waals surface area contributed by atoms with Crippen LogP contribution in [-0.2, 0) is 11.3 Å². The number of rotatable bonds is 7. The molecule has 1 aliphatic heterocycles. The topological polar surface area (TPSA) is 23.6 Å². The zero-order chi connectivity index (χ0) is 15.8. The molecule has 0 aromatic heterocycles. The molecule has 1 saturated heterocycles. The summed E-state index contributed by atoms with van der Waals surface area (Å²) < 4.78 is 0. The first-order chi connectivity index (χ1) is 10.7. The van der Waals surface area contributed by atoms with Crippen molar-refractivity contribution in [3.63, 3.8) is 0 Å². The smallest absolute Gasteiger partial charge is 0.237 e. The van der Waals surface area contributed by atoms with Crippen LogP contribution in [0.15, 0.2) is 30.3 Å². The Morgan fingerprint density at radius 2 is 2.00 bits per heavy atom. The Morgan fingerprint density at radius 1 is 1.23 bits per heavy atom. The number of benzene rings is 1. The van der Waals surface area contributed by atoms with E-state index in [1.165, 1.54) is 18.4 Å². The Hall–Kier alpha value is -1.35. The first-order valence-corrected chi connectivity index (χ1v) is 8.80. The lowest BCUT2D eigenvalue weighted by Gasteiger charge is -2.36. The summed E-state index contributed by atoms with van der Waals surface area (Å²) in [5.41, 5.74) is 1.29. The molecule has 0 bridgehead atoms. The van der Waals surface area contributed by atoms with Crippen molar-refractivity contribution in [1.29, 1.82) is 0 Å². The Labute approximate surface area is 135 Å². The van der Waals surface area contributed by atoms with Crippen LogP contribution in [0.25, 0.3) is 0 Å². The number of hydrogen-bond donors (Lipinski definition) is 0. The highest BCUT2D eigenvalue weighted by atomic mass is 16.2. The van der Waals surface area contributed by atoms with Crippen molar-refractivity contribution in [2.45, 2.75) is 58.5 Å². The summed E-state index contributed by atoms with van der Waals surface area (Å²) >= 11 is 0. The quantitative estimate of drug-likeness (QED) is 0.767. The Bertz CT molecular complexity index is 446. The standard InChI is InChI=1S/C19H30N2O/c1-3-13-20(15-17-10-6-5-7-11-17)16-19(22)21-14-9-8-12-18(21)4-2/h5-7,10-11,18H,3-4,8-9,12-16H2,1-2H3. The molecule has 0 radical (unpaired) electrons. The van der Waals surface area contributed by atoms with E-state index in [4.69, 9.17) is 0 Å². The molecule has 1 heterocycles. The zero-order valence-electron chi connectivity index (χ0n) is 14.1. The van der Waals surface area contributed by atoms with E-state index in [1.54, 1.807) is 0 Å². The average Bonchev–Trinajstić information content (AvgIpc) is 2.56. The van der Waals surface area contributed by atoms with Gasteiger partial charge in [0.15, 0.2) is 0 Å². The molecule has 122 valence electrons. The number of amides is 1. The molecular weight excluding hydrogens is 272 g/mol. The van der Waals surface area contributed by atoms with Crippen molar-refractivity contribution < 1.29 is 4.79 Å². The Balaban J connectivity index is 1.95. The lowest BCUT2D eigenvalue weighted by molar-refractivity contribution is -0.136. The molecule has 1 aliphatic rings. The van der Waals surface area contributed by atoms with Crippen molar-refractivity contribution in [2.24, 2.45) is 0 Å². The van der Waals surface area contributed by atoms with Gasteiger partial charge >= 0.3 is 0 Å². The maximum absolute atomic E-state index is 12.7. The number of carbonyl (C=O) groups is 1. The highest BCUT2D eigenvalue weighted by Crippen LogP contribution is 2.20. The summed E-state index contributed by atoms with van der Waals surface area (Å²) in [5.74, 6) is 0.316. The van der Waals surface area contributed by atoms with Crippen molar-refractivity contribution in [1.82, 2.24) is 9.80 Å². The molecule has 3 heteroatoms. The Kier molecular flexibility index (Phi) is 6.91. The third-order valence-corrected chi connectivity index (χ3v) is 4.57. The van der Waals surface area contributed by atoms with Gasteiger partial charge in [-0.3, -0.25) is 9.69 Å². The first kappa shape index (κ1) is 17.0. The minimum Gasteiger partial charge on any atom is -0.339 e. The molecule has 0 spiro atoms. The van der Waals surface area contributed by atoms with Crippen LogP contribution in [0.1, 0.15) is 51.5 Å². The summed E-state index contributed by atoms with van der Waals surface area (Å²) in [5, 5.41) is 0. The largest absolute Gasteiger partial charge is 0.339 e. The monoisotopic (exact) mass is 302 g/mol. The predicted octanol–water partition coefficient (Wildman–Crippen LogP) is 3.69. The van der Waals surface area contributed by atoms with Gasteiger partial charge in [-0.15, -0.1) is 0 Å². The second-order valence-electron chi connectivity index (χ2n) is 6.34. The third kappa shape index (κ3) is 4.84. The molecule has 3 nitrogen and oxygen atoms in total. The highest BCUT2D eigenvalue weighted by molar-refractivity contribution is 5.78. The van der Waals surface area contributed by atoms with Crippen molar-refractivity contribution >= 4 is 5.91 Å². The summed E-state index contributed by atoms with van der Waals surface area (Å²) in [4.78, 5) is 17.2. The van der Waals surface area contributed by atoms with E-state index < -0.39 is 0 Å². The van der Waals surface area contributed by atoms with E-state index in [9.17, 15) is 4.79 Å². The SMILES string of the molecule is CCCN(CC(=O)N1CCCCC1CC)Cc1ccccc1. The van der Waals surface area contributed by atoms with Crippen LogP contribution < -0.4 is 0 Å². The van der Waals surface area contributed by atoms with E-state index >= 15 is 0 Å². The second kappa shape index (κ2) is 8.94. The normalized spacial score (nSPS) is 18.7. The summed E-state index contributed by atoms with van der Waals surface area (Å²) in [7, 11) is 0. The van der Waals surface area contributed by atoms with Gasteiger partial charge < -0.3 is 4.90 Å². The van der Waals surface area contributed by atoms with Crippen molar-refractivity contribution in [2.75, 3.05) is 19.6 Å². The van der Waals surface area contributed by atoms with Gasteiger partial charge in [-0.2, -0.15) is 0 Å². The van der Waals surface area contributed by atoms with Crippen LogP contribution >= 0.6 is 0 Å². The van der Waals surface area contributed by atoms with Crippen molar-refractivity contribution in [3.05, 3.63) is 35.9 Å². The van der Waals surface area contributed by atoms with Gasteiger partial charge in [0.2, 0.25) is 5.91 Å². The predicted molar refractivity (Wildman–Crippen MR) is 91.7 cm³/mol. The van der Waals surface area contributed by atoms with E-state index in [2.05, 4.69) is 47.9 Å². The number of nitrogens with zero attached hydrogens (tertiary/aromatic N) is 2. The van der Waals surface area contributed by atoms with Gasteiger partial charge in [0.05, 0.1) is 6.54 Å². The minimum atomic E-state index is 0.316. The van der Waals surface area contributed by atoms with Gasteiger partial charge in [-0.1, -0.05) is 44.2 Å². The summed E-state index contributed by atoms with van der Waals surface area (Å²) in [6.07, 6.45) is 5.77. The fraction of sp³-hybridized carbons (Fsp3) is 0.632. The van der Waals surface area contributed by atoms with Crippen molar-refractivity contribution in [3.8, 4) is 0 Å². The van der Waals surface area contributed by atoms with E-state index in [0.717, 1.165) is 38.9 Å². The third-order valence-electron chi connectivity index (χ3n) is 4.57. The summed E-state index contributed by atoms with van der Waals surface area (Å²) in [6.45, 7) is 7.72. The zero-order valence-corrected chi connectivity index (χ0v) is 14.1. The molecule has 1 aromatic carbocycles. The summed E-state index contributed by atoms with van der Waals surface area (Å²) in [6, 6.07) is 10.9. The van der Waals surface area contributed by atoms with Gasteiger partial charge in [-0.25, -0.2) is 0 Å². The number of hydrogen-bond acceptors (Lipinski definition) is 2. The maximum Gasteiger partial charge on any atom is 0.237 e. The fourth-order valence-electron chi connectivity index (χ4n) is 3.41. The van der Waals surface area contributed by atoms with Gasteiger partial charge in [-0.05, 0) is 44.2 Å². The lowest BCUT2D eigenvalue weighted by Crippen LogP contribution is -2.47. The molecule has 1 amide bonds. The van der Waals surface area contributed by atoms with E-state index in [0.29, 0.717) is 18.5 Å². The van der Waals surface area contributed by atoms with Crippen LogP contribution in [0.5, 0.6) is 0 Å². The lowest BCUT2D eigenvalue weighted by atomic mass is 10.00. The molecule has 0 aliphatic carbocycles. The molecule has 0 N–H and O–H groups in total. The van der Waals surface area contributed by atoms with Gasteiger partial charge in [0.1, 0.15) is 0 Å². The molecule has 22 heavy (non-hydrogen) atoms. The second-order valence-corrected chi connectivity index (χ2v) is 6.34. The number of carbonyl (C=O) groups excluding carboxylic acids is 1. The molecule has 1 aromatic rings. The molecule has 1 fully saturated rings. The van der Waals surface area contributed by atoms with Crippen LogP contribution in [0.2, 0.25) is 0 Å². The first-order valence-electron chi connectivity index (χ1n) is 8.80. The van der Waals surface area contributed by atoms with Crippen LogP contribution in [-0.4, -0.2) is 41.4 Å². The molecule has 1 unspecified atom stereocenters. The van der Waals surface area contributed by atoms with Gasteiger partial charge in [0, 0.05) is 19.1 Å². The van der Waals surface area contributed by atoms with Crippen LogP contribution in [0, 0.1) is 0 Å². The van der Waals surface area contributed by atoms with Crippen LogP contribution in [0.4, 0.5) is 0 Å². The molecular formula is C19H30N2O. The molecule has 2 rings (SSSR count). The highest BCUT2D eigenvalue weighted by Gasteiger charge is 2.26. The van der Waals surface area contributed by atoms with Gasteiger partial charge in [0.25, 0.3) is 0 Å². The number of likely N-dealkylation sites (tertiary alicyclic amines) is 1. The molecule has 1 atom stereocenters. The maximum atomic E-state index is 12.7. The van der Waals surface area contributed by atoms with E-state index in [-0.39, 0.29) is 0 Å². The van der Waals surface area contributed by atoms with Crippen LogP contribution in [0.3, 0.4) is 0 Å². The minimum absolute atomic E-state index is 0.316. The Morgan fingerprint density at radius 3 is 2.68 bits per heavy atom. The average molecular weight is 302 g/mol. The van der Waals surface area contributed by atoms with E-state index in [1.807, 2.05) is 6.07 Å².